The van der Waals surface area contributed by atoms with Crippen LogP contribution in [-0.4, -0.2) is 30.7 Å². The van der Waals surface area contributed by atoms with Crippen molar-refractivity contribution in [3.8, 4) is 5.75 Å². The van der Waals surface area contributed by atoms with Crippen LogP contribution in [0.25, 0.3) is 0 Å². The number of hydrogen-bond acceptors (Lipinski definition) is 3. The molecule has 4 heteroatoms. The van der Waals surface area contributed by atoms with Crippen molar-refractivity contribution in [1.82, 2.24) is 5.32 Å². The Hall–Kier alpha value is -0.770. The number of ether oxygens (including phenoxy) is 1. The third-order valence-electron chi connectivity index (χ3n) is 1.98. The van der Waals surface area contributed by atoms with Crippen LogP contribution < -0.4 is 5.32 Å². The molecule has 0 aliphatic carbocycles. The fourth-order valence-corrected chi connectivity index (χ4v) is 1.46. The minimum Gasteiger partial charge on any atom is -0.508 e. The first kappa shape index (κ1) is 12.3. The Morgan fingerprint density at radius 3 is 2.67 bits per heavy atom. The Morgan fingerprint density at radius 2 is 2.07 bits per heavy atom. The van der Waals surface area contributed by atoms with Gasteiger partial charge in [-0.3, -0.25) is 0 Å². The molecule has 0 aliphatic rings. The summed E-state index contributed by atoms with van der Waals surface area (Å²) < 4.78 is 4.92. The van der Waals surface area contributed by atoms with Crippen LogP contribution in [0.5, 0.6) is 5.75 Å². The third-order valence-corrected chi connectivity index (χ3v) is 2.26. The summed E-state index contributed by atoms with van der Waals surface area (Å²) in [7, 11) is 1.63. The van der Waals surface area contributed by atoms with Crippen molar-refractivity contribution in [2.75, 3.05) is 20.3 Å². The second kappa shape index (κ2) is 6.67. The lowest BCUT2D eigenvalue weighted by Crippen LogP contribution is -2.25. The van der Waals surface area contributed by atoms with E-state index in [0.29, 0.717) is 13.2 Å². The van der Waals surface area contributed by atoms with E-state index in [2.05, 4.69) is 5.32 Å². The van der Waals surface area contributed by atoms with E-state index in [1.807, 2.05) is 12.1 Å². The van der Waals surface area contributed by atoms with Gasteiger partial charge in [-0.2, -0.15) is 0 Å². The number of phenolic OH excluding ortho intramolecular Hbond substituents is 1. The summed E-state index contributed by atoms with van der Waals surface area (Å²) in [6, 6.07) is 7.10. The van der Waals surface area contributed by atoms with Crippen molar-refractivity contribution in [2.24, 2.45) is 0 Å². The number of hydrogen-bond donors (Lipinski definition) is 2. The highest BCUT2D eigenvalue weighted by Crippen LogP contribution is 2.09. The first-order valence-electron chi connectivity index (χ1n) is 4.84. The van der Waals surface area contributed by atoms with E-state index >= 15 is 0 Å². The van der Waals surface area contributed by atoms with Crippen molar-refractivity contribution in [2.45, 2.75) is 11.9 Å². The highest BCUT2D eigenvalue weighted by atomic mass is 35.5. The molecule has 0 radical (unpaired) electrons. The molecule has 0 spiro atoms. The average Bonchev–Trinajstić information content (AvgIpc) is 2.21. The van der Waals surface area contributed by atoms with Crippen molar-refractivity contribution >= 4 is 11.6 Å². The lowest BCUT2D eigenvalue weighted by molar-refractivity contribution is 0.197. The molecule has 2 N–H and O–H groups in total. The summed E-state index contributed by atoms with van der Waals surface area (Å²) in [5, 5.41) is 12.3. The number of aromatic hydroxyl groups is 1. The smallest absolute Gasteiger partial charge is 0.115 e. The van der Waals surface area contributed by atoms with Gasteiger partial charge in [0.25, 0.3) is 0 Å². The van der Waals surface area contributed by atoms with Gasteiger partial charge in [-0.1, -0.05) is 12.1 Å². The van der Waals surface area contributed by atoms with Crippen LogP contribution in [0.4, 0.5) is 0 Å². The summed E-state index contributed by atoms with van der Waals surface area (Å²) in [6.45, 7) is 1.99. The fraction of sp³-hybridized carbons (Fsp3) is 0.455. The average molecular weight is 230 g/mol. The standard InChI is InChI=1S/C11H16ClNO2/c1-15-8-10(12)7-13-6-9-2-4-11(14)5-3-9/h2-5,10,13-14H,6-8H2,1H3. The maximum atomic E-state index is 9.08. The Morgan fingerprint density at radius 1 is 1.40 bits per heavy atom. The second-order valence-corrected chi connectivity index (χ2v) is 3.97. The number of nitrogens with one attached hydrogen (secondary N) is 1. The van der Waals surface area contributed by atoms with Crippen LogP contribution >= 0.6 is 11.6 Å². The lowest BCUT2D eigenvalue weighted by atomic mass is 10.2. The number of methoxy groups -OCH3 is 1. The Labute approximate surface area is 95.0 Å². The quantitative estimate of drug-likeness (QED) is 0.731. The molecule has 1 aromatic rings. The molecule has 3 nitrogen and oxygen atoms in total. The molecule has 15 heavy (non-hydrogen) atoms. The molecule has 84 valence electrons. The number of halogens is 1. The van der Waals surface area contributed by atoms with Crippen LogP contribution in [0.2, 0.25) is 0 Å². The highest BCUT2D eigenvalue weighted by Gasteiger charge is 2.02. The second-order valence-electron chi connectivity index (χ2n) is 3.35. The Kier molecular flexibility index (Phi) is 5.47. The van der Waals surface area contributed by atoms with Gasteiger partial charge in [0.1, 0.15) is 5.75 Å². The zero-order chi connectivity index (χ0) is 11.1. The molecule has 1 aromatic carbocycles. The van der Waals surface area contributed by atoms with Crippen LogP contribution in [0, 0.1) is 0 Å². The van der Waals surface area contributed by atoms with Crippen LogP contribution in [0.1, 0.15) is 5.56 Å². The molecule has 1 atom stereocenters. The maximum absolute atomic E-state index is 9.08. The van der Waals surface area contributed by atoms with Crippen molar-refractivity contribution in [1.29, 1.82) is 0 Å². The van der Waals surface area contributed by atoms with Gasteiger partial charge in [0.15, 0.2) is 0 Å². The normalized spacial score (nSPS) is 12.7. The minimum atomic E-state index is -0.00730. The van der Waals surface area contributed by atoms with Gasteiger partial charge in [0.05, 0.1) is 12.0 Å². The van der Waals surface area contributed by atoms with E-state index in [-0.39, 0.29) is 11.1 Å². The van der Waals surface area contributed by atoms with Crippen LogP contribution in [0.15, 0.2) is 24.3 Å². The number of alkyl halides is 1. The maximum Gasteiger partial charge on any atom is 0.115 e. The molecule has 0 heterocycles. The summed E-state index contributed by atoms with van der Waals surface area (Å²) in [6.07, 6.45) is 0. The molecular formula is C11H16ClNO2. The number of rotatable bonds is 6. The minimum absolute atomic E-state index is 0.00730. The molecular weight excluding hydrogens is 214 g/mol. The topological polar surface area (TPSA) is 41.5 Å². The van der Waals surface area contributed by atoms with Crippen molar-refractivity contribution in [3.05, 3.63) is 29.8 Å². The molecule has 1 unspecified atom stereocenters. The molecule has 0 amide bonds. The molecule has 0 saturated heterocycles. The fourth-order valence-electron chi connectivity index (χ4n) is 1.23. The zero-order valence-corrected chi connectivity index (χ0v) is 9.50. The van der Waals surface area contributed by atoms with Gasteiger partial charge in [0.2, 0.25) is 0 Å². The van der Waals surface area contributed by atoms with E-state index in [9.17, 15) is 0 Å². The van der Waals surface area contributed by atoms with E-state index in [0.717, 1.165) is 12.1 Å². The third kappa shape index (κ3) is 5.02. The van der Waals surface area contributed by atoms with Gasteiger partial charge in [-0.25, -0.2) is 0 Å². The van der Waals surface area contributed by atoms with Gasteiger partial charge in [0, 0.05) is 20.2 Å². The van der Waals surface area contributed by atoms with Gasteiger partial charge < -0.3 is 15.2 Å². The molecule has 1 rings (SSSR count). The van der Waals surface area contributed by atoms with E-state index < -0.39 is 0 Å². The monoisotopic (exact) mass is 229 g/mol. The van der Waals surface area contributed by atoms with Crippen LogP contribution in [-0.2, 0) is 11.3 Å². The molecule has 0 aliphatic heterocycles. The summed E-state index contributed by atoms with van der Waals surface area (Å²) in [4.78, 5) is 0. The predicted molar refractivity (Wildman–Crippen MR) is 61.3 cm³/mol. The molecule has 0 bridgehead atoms. The lowest BCUT2D eigenvalue weighted by Gasteiger charge is -2.09. The predicted octanol–water partition coefficient (Wildman–Crippen LogP) is 1.74. The van der Waals surface area contributed by atoms with E-state index in [4.69, 9.17) is 21.4 Å². The first-order chi connectivity index (χ1) is 7.22. The summed E-state index contributed by atoms with van der Waals surface area (Å²) in [5.74, 6) is 0.286. The van der Waals surface area contributed by atoms with Crippen molar-refractivity contribution in [3.63, 3.8) is 0 Å². The van der Waals surface area contributed by atoms with Gasteiger partial charge in [-0.05, 0) is 17.7 Å². The van der Waals surface area contributed by atoms with E-state index in [1.54, 1.807) is 19.2 Å². The SMILES string of the molecule is COCC(Cl)CNCc1ccc(O)cc1. The summed E-state index contributed by atoms with van der Waals surface area (Å²) >= 11 is 5.94. The van der Waals surface area contributed by atoms with Gasteiger partial charge >= 0.3 is 0 Å². The first-order valence-corrected chi connectivity index (χ1v) is 5.27. The number of phenols is 1. The van der Waals surface area contributed by atoms with Crippen LogP contribution in [0.3, 0.4) is 0 Å². The number of benzene rings is 1. The van der Waals surface area contributed by atoms with Gasteiger partial charge in [-0.15, -0.1) is 11.6 Å². The Bertz CT molecular complexity index is 276. The van der Waals surface area contributed by atoms with Crippen molar-refractivity contribution < 1.29 is 9.84 Å². The largest absolute Gasteiger partial charge is 0.508 e. The van der Waals surface area contributed by atoms with E-state index in [1.165, 1.54) is 0 Å². The molecule has 0 fully saturated rings. The molecule has 0 aromatic heterocycles. The summed E-state index contributed by atoms with van der Waals surface area (Å²) in [5.41, 5.74) is 1.12. The molecule has 0 saturated carbocycles. The highest BCUT2D eigenvalue weighted by molar-refractivity contribution is 6.20. The zero-order valence-electron chi connectivity index (χ0n) is 8.74. The Balaban J connectivity index is 2.22.